The minimum Gasteiger partial charge on any atom is -0.491 e. The summed E-state index contributed by atoms with van der Waals surface area (Å²) in [4.78, 5) is 0. The molecule has 1 aromatic carbocycles. The lowest BCUT2D eigenvalue weighted by atomic mass is 9.81. The average molecular weight is 261 g/mol. The Labute approximate surface area is 115 Å². The summed E-state index contributed by atoms with van der Waals surface area (Å²) < 4.78 is 5.87. The summed E-state index contributed by atoms with van der Waals surface area (Å²) in [7, 11) is 0. The molecule has 0 spiro atoms. The van der Waals surface area contributed by atoms with Crippen LogP contribution in [0.1, 0.15) is 45.1 Å². The second-order valence-corrected chi connectivity index (χ2v) is 6.24. The van der Waals surface area contributed by atoms with Gasteiger partial charge in [0.15, 0.2) is 0 Å². The van der Waals surface area contributed by atoms with Gasteiger partial charge in [-0.15, -0.1) is 0 Å². The number of nitrogens with one attached hydrogen (secondary N) is 1. The molecule has 3 nitrogen and oxygen atoms in total. The summed E-state index contributed by atoms with van der Waals surface area (Å²) in [5, 5.41) is 14.7. The van der Waals surface area contributed by atoms with Crippen molar-refractivity contribution in [2.24, 2.45) is 0 Å². The Morgan fingerprint density at radius 1 is 1.21 bits per heavy atom. The van der Waals surface area contributed by atoms with Crippen molar-refractivity contribution in [2.45, 2.75) is 63.3 Å². The lowest BCUT2D eigenvalue weighted by Crippen LogP contribution is -2.46. The fourth-order valence-corrected chi connectivity index (χ4v) is 3.55. The summed E-state index contributed by atoms with van der Waals surface area (Å²) in [6.07, 6.45) is 4.08. The van der Waals surface area contributed by atoms with E-state index in [1.54, 1.807) is 0 Å². The molecule has 2 aliphatic heterocycles. The number of hydrogen-bond donors (Lipinski definition) is 2. The molecule has 104 valence electrons. The minimum atomic E-state index is -0.734. The van der Waals surface area contributed by atoms with E-state index >= 15 is 0 Å². The maximum absolute atomic E-state index is 11.1. The first-order valence-corrected chi connectivity index (χ1v) is 7.31. The number of piperidine rings is 1. The quantitative estimate of drug-likeness (QED) is 0.878. The van der Waals surface area contributed by atoms with Gasteiger partial charge in [0, 0.05) is 17.6 Å². The molecule has 0 aromatic heterocycles. The zero-order valence-electron chi connectivity index (χ0n) is 11.7. The highest BCUT2D eigenvalue weighted by molar-refractivity contribution is 5.39. The predicted octanol–water partition coefficient (Wildman–Crippen LogP) is 2.58. The predicted molar refractivity (Wildman–Crippen MR) is 75.3 cm³/mol. The molecule has 19 heavy (non-hydrogen) atoms. The Balaban J connectivity index is 1.92. The van der Waals surface area contributed by atoms with Crippen molar-refractivity contribution in [3.05, 3.63) is 29.8 Å². The first kappa shape index (κ1) is 12.9. The topological polar surface area (TPSA) is 41.5 Å². The van der Waals surface area contributed by atoms with Gasteiger partial charge in [0.25, 0.3) is 0 Å². The Kier molecular flexibility index (Phi) is 3.27. The average Bonchev–Trinajstić information content (AvgIpc) is 2.69. The number of hydrogen-bond acceptors (Lipinski definition) is 3. The van der Waals surface area contributed by atoms with Crippen LogP contribution in [0.15, 0.2) is 24.3 Å². The molecule has 2 bridgehead atoms. The third kappa shape index (κ3) is 2.49. The van der Waals surface area contributed by atoms with Crippen LogP contribution in [0.25, 0.3) is 0 Å². The van der Waals surface area contributed by atoms with Crippen molar-refractivity contribution in [3.8, 4) is 5.75 Å². The molecule has 2 N–H and O–H groups in total. The SMILES string of the molecule is CC(C)Oc1ccccc1C1(O)CC2CCC(C1)N2. The lowest BCUT2D eigenvalue weighted by molar-refractivity contribution is -0.0142. The standard InChI is InChI=1S/C16H23NO2/c1-11(2)19-15-6-4-3-5-14(15)16(18)9-12-7-8-13(10-16)17-12/h3-6,11-13,17-18H,7-10H2,1-2H3. The van der Waals surface area contributed by atoms with E-state index in [1.165, 1.54) is 12.8 Å². The van der Waals surface area contributed by atoms with E-state index in [0.29, 0.717) is 12.1 Å². The van der Waals surface area contributed by atoms with Gasteiger partial charge in [-0.2, -0.15) is 0 Å². The third-order valence-corrected chi connectivity index (χ3v) is 4.25. The van der Waals surface area contributed by atoms with Crippen molar-refractivity contribution in [3.63, 3.8) is 0 Å². The number of ether oxygens (including phenoxy) is 1. The van der Waals surface area contributed by atoms with E-state index in [9.17, 15) is 5.11 Å². The first-order chi connectivity index (χ1) is 9.07. The maximum atomic E-state index is 11.1. The van der Waals surface area contributed by atoms with Crippen LogP contribution in [-0.4, -0.2) is 23.3 Å². The first-order valence-electron chi connectivity index (χ1n) is 7.31. The summed E-state index contributed by atoms with van der Waals surface area (Å²) in [5.74, 6) is 0.835. The van der Waals surface area contributed by atoms with Crippen molar-refractivity contribution < 1.29 is 9.84 Å². The van der Waals surface area contributed by atoms with Crippen LogP contribution in [0.4, 0.5) is 0 Å². The van der Waals surface area contributed by atoms with Crippen LogP contribution >= 0.6 is 0 Å². The number of fused-ring (bicyclic) bond motifs is 2. The number of para-hydroxylation sites is 1. The molecule has 3 heteroatoms. The molecule has 2 saturated heterocycles. The Morgan fingerprint density at radius 3 is 2.47 bits per heavy atom. The van der Waals surface area contributed by atoms with Crippen molar-refractivity contribution in [1.82, 2.24) is 5.32 Å². The molecular formula is C16H23NO2. The smallest absolute Gasteiger partial charge is 0.125 e. The molecule has 0 saturated carbocycles. The van der Waals surface area contributed by atoms with Gasteiger partial charge in [-0.1, -0.05) is 18.2 Å². The summed E-state index contributed by atoms with van der Waals surface area (Å²) in [6.45, 7) is 4.04. The zero-order chi connectivity index (χ0) is 13.5. The fraction of sp³-hybridized carbons (Fsp3) is 0.625. The molecule has 2 atom stereocenters. The second-order valence-electron chi connectivity index (χ2n) is 6.24. The Morgan fingerprint density at radius 2 is 1.84 bits per heavy atom. The Hall–Kier alpha value is -1.06. The maximum Gasteiger partial charge on any atom is 0.125 e. The zero-order valence-corrected chi connectivity index (χ0v) is 11.7. The van der Waals surface area contributed by atoms with Crippen LogP contribution in [-0.2, 0) is 5.60 Å². The monoisotopic (exact) mass is 261 g/mol. The van der Waals surface area contributed by atoms with E-state index in [0.717, 1.165) is 24.2 Å². The highest BCUT2D eigenvalue weighted by Crippen LogP contribution is 2.43. The van der Waals surface area contributed by atoms with Gasteiger partial charge >= 0.3 is 0 Å². The highest BCUT2D eigenvalue weighted by atomic mass is 16.5. The number of benzene rings is 1. The van der Waals surface area contributed by atoms with Crippen molar-refractivity contribution in [1.29, 1.82) is 0 Å². The fourth-order valence-electron chi connectivity index (χ4n) is 3.55. The van der Waals surface area contributed by atoms with Gasteiger partial charge in [-0.25, -0.2) is 0 Å². The molecular weight excluding hydrogens is 238 g/mol. The summed E-state index contributed by atoms with van der Waals surface area (Å²) in [5.41, 5.74) is 0.227. The molecule has 2 unspecified atom stereocenters. The molecule has 2 aliphatic rings. The van der Waals surface area contributed by atoms with Crippen LogP contribution in [0.2, 0.25) is 0 Å². The van der Waals surface area contributed by atoms with Gasteiger partial charge in [-0.3, -0.25) is 0 Å². The molecule has 0 radical (unpaired) electrons. The lowest BCUT2D eigenvalue weighted by Gasteiger charge is -2.38. The molecule has 0 aliphatic carbocycles. The number of aliphatic hydroxyl groups is 1. The van der Waals surface area contributed by atoms with Gasteiger partial charge in [0.2, 0.25) is 0 Å². The van der Waals surface area contributed by atoms with E-state index in [-0.39, 0.29) is 6.10 Å². The molecule has 1 aromatic rings. The van der Waals surface area contributed by atoms with Crippen LogP contribution in [0.5, 0.6) is 5.75 Å². The van der Waals surface area contributed by atoms with Crippen LogP contribution < -0.4 is 10.1 Å². The van der Waals surface area contributed by atoms with E-state index in [2.05, 4.69) is 5.32 Å². The Bertz CT molecular complexity index is 446. The highest BCUT2D eigenvalue weighted by Gasteiger charge is 2.44. The second kappa shape index (κ2) is 4.80. The van der Waals surface area contributed by atoms with E-state index < -0.39 is 5.60 Å². The normalized spacial score (nSPS) is 33.7. The molecule has 2 heterocycles. The van der Waals surface area contributed by atoms with Gasteiger partial charge in [-0.05, 0) is 45.6 Å². The van der Waals surface area contributed by atoms with Crippen LogP contribution in [0, 0.1) is 0 Å². The van der Waals surface area contributed by atoms with E-state index in [4.69, 9.17) is 4.74 Å². The van der Waals surface area contributed by atoms with Gasteiger partial charge in [0.1, 0.15) is 5.75 Å². The van der Waals surface area contributed by atoms with Crippen molar-refractivity contribution >= 4 is 0 Å². The largest absolute Gasteiger partial charge is 0.491 e. The molecule has 2 fully saturated rings. The van der Waals surface area contributed by atoms with Gasteiger partial charge in [0.05, 0.1) is 11.7 Å². The van der Waals surface area contributed by atoms with Crippen LogP contribution in [0.3, 0.4) is 0 Å². The minimum absolute atomic E-state index is 0.128. The van der Waals surface area contributed by atoms with E-state index in [1.807, 2.05) is 38.1 Å². The van der Waals surface area contributed by atoms with Gasteiger partial charge < -0.3 is 15.2 Å². The van der Waals surface area contributed by atoms with Crippen molar-refractivity contribution in [2.75, 3.05) is 0 Å². The third-order valence-electron chi connectivity index (χ3n) is 4.25. The summed E-state index contributed by atoms with van der Waals surface area (Å²) in [6, 6.07) is 8.86. The summed E-state index contributed by atoms with van der Waals surface area (Å²) >= 11 is 0. The molecule has 0 amide bonds. The number of rotatable bonds is 3. The molecule has 3 rings (SSSR count).